The Morgan fingerprint density at radius 1 is 1.40 bits per heavy atom. The molecule has 0 saturated carbocycles. The van der Waals surface area contributed by atoms with Gasteiger partial charge in [0.1, 0.15) is 4.90 Å². The monoisotopic (exact) mass is 295 g/mol. The summed E-state index contributed by atoms with van der Waals surface area (Å²) in [5.74, 6) is 0. The van der Waals surface area contributed by atoms with E-state index >= 15 is 0 Å². The highest BCUT2D eigenvalue weighted by Gasteiger charge is 2.14. The first-order chi connectivity index (χ1) is 9.53. The van der Waals surface area contributed by atoms with Gasteiger partial charge in [-0.2, -0.15) is 5.10 Å². The zero-order valence-electron chi connectivity index (χ0n) is 11.1. The molecule has 0 bridgehead atoms. The average molecular weight is 295 g/mol. The molecule has 20 heavy (non-hydrogen) atoms. The summed E-state index contributed by atoms with van der Waals surface area (Å²) in [5.41, 5.74) is 6.75. The number of hydrogen-bond donors (Lipinski definition) is 3. The topological polar surface area (TPSA) is 102 Å². The zero-order valence-corrected chi connectivity index (χ0v) is 11.9. The van der Waals surface area contributed by atoms with Gasteiger partial charge in [0.25, 0.3) is 0 Å². The van der Waals surface area contributed by atoms with Gasteiger partial charge in [0.2, 0.25) is 10.0 Å². The Kier molecular flexibility index (Phi) is 4.26. The predicted octanol–water partition coefficient (Wildman–Crippen LogP) is 0.485. The lowest BCUT2D eigenvalue weighted by molar-refractivity contribution is 0.588. The summed E-state index contributed by atoms with van der Waals surface area (Å²) >= 11 is 0. The minimum Gasteiger partial charge on any atom is -0.398 e. The first kappa shape index (κ1) is 14.4. The minimum atomic E-state index is -3.52. The van der Waals surface area contributed by atoms with Gasteiger partial charge in [-0.1, -0.05) is 0 Å². The molecular formula is C12H17N5O2S. The normalized spacial score (nSPS) is 11.4. The number of benzene rings is 1. The van der Waals surface area contributed by atoms with Crippen molar-refractivity contribution in [1.82, 2.24) is 14.5 Å². The van der Waals surface area contributed by atoms with Crippen molar-refractivity contribution in [3.63, 3.8) is 0 Å². The van der Waals surface area contributed by atoms with E-state index in [-0.39, 0.29) is 10.6 Å². The van der Waals surface area contributed by atoms with Crippen LogP contribution in [0.3, 0.4) is 0 Å². The number of rotatable bonds is 6. The number of nitrogens with one attached hydrogen (secondary N) is 2. The first-order valence-electron chi connectivity index (χ1n) is 6.07. The lowest BCUT2D eigenvalue weighted by Gasteiger charge is -2.10. The molecule has 0 radical (unpaired) electrons. The number of sulfonamides is 1. The predicted molar refractivity (Wildman–Crippen MR) is 77.8 cm³/mol. The number of aromatic nitrogens is 2. The fraction of sp³-hybridized carbons (Fsp3) is 0.250. The van der Waals surface area contributed by atoms with Crippen molar-refractivity contribution in [2.24, 2.45) is 0 Å². The van der Waals surface area contributed by atoms with Crippen molar-refractivity contribution in [3.8, 4) is 0 Å². The quantitative estimate of drug-likeness (QED) is 0.673. The third-order valence-corrected chi connectivity index (χ3v) is 4.29. The van der Waals surface area contributed by atoms with Gasteiger partial charge in [-0.25, -0.2) is 13.1 Å². The Hall–Kier alpha value is -2.06. The summed E-state index contributed by atoms with van der Waals surface area (Å²) < 4.78 is 27.4. The summed E-state index contributed by atoms with van der Waals surface area (Å²) in [6.07, 6.45) is 3.59. The summed E-state index contributed by atoms with van der Waals surface area (Å²) in [4.78, 5) is 0.0811. The molecule has 1 aromatic heterocycles. The van der Waals surface area contributed by atoms with Gasteiger partial charge in [-0.3, -0.25) is 4.68 Å². The molecule has 0 aliphatic carbocycles. The van der Waals surface area contributed by atoms with E-state index in [1.165, 1.54) is 13.1 Å². The van der Waals surface area contributed by atoms with Gasteiger partial charge in [-0.05, 0) is 31.3 Å². The summed E-state index contributed by atoms with van der Waals surface area (Å²) in [6.45, 7) is 1.38. The van der Waals surface area contributed by atoms with Gasteiger partial charge in [0.05, 0.1) is 12.2 Å². The van der Waals surface area contributed by atoms with E-state index in [9.17, 15) is 8.42 Å². The van der Waals surface area contributed by atoms with Crippen LogP contribution in [0.25, 0.3) is 0 Å². The van der Waals surface area contributed by atoms with Crippen molar-refractivity contribution in [1.29, 1.82) is 0 Å². The van der Waals surface area contributed by atoms with E-state index in [1.807, 2.05) is 12.3 Å². The Morgan fingerprint density at radius 2 is 2.20 bits per heavy atom. The third-order valence-electron chi connectivity index (χ3n) is 2.80. The molecule has 0 aliphatic heterocycles. The van der Waals surface area contributed by atoms with Crippen LogP contribution in [0.1, 0.15) is 0 Å². The van der Waals surface area contributed by atoms with Crippen molar-refractivity contribution in [3.05, 3.63) is 36.7 Å². The Bertz CT molecular complexity index is 667. The lowest BCUT2D eigenvalue weighted by atomic mass is 10.3. The number of nitrogen functional groups attached to an aromatic ring is 1. The standard InChI is InChI=1S/C12H17N5O2S/c1-14-20(18,19)12-4-3-10(9-11(12)13)15-6-8-17-7-2-5-16-17/h2-5,7,9,14-15H,6,8,13H2,1H3. The van der Waals surface area contributed by atoms with Crippen LogP contribution in [0.15, 0.2) is 41.6 Å². The van der Waals surface area contributed by atoms with Crippen LogP contribution in [-0.2, 0) is 16.6 Å². The lowest BCUT2D eigenvalue weighted by Crippen LogP contribution is -2.20. The molecule has 8 heteroatoms. The van der Waals surface area contributed by atoms with E-state index in [2.05, 4.69) is 15.1 Å². The highest BCUT2D eigenvalue weighted by molar-refractivity contribution is 7.89. The molecule has 2 aromatic rings. The summed E-state index contributed by atoms with van der Waals surface area (Å²) in [5, 5.41) is 7.25. The van der Waals surface area contributed by atoms with Gasteiger partial charge in [0.15, 0.2) is 0 Å². The maximum absolute atomic E-state index is 11.7. The maximum atomic E-state index is 11.7. The molecule has 4 N–H and O–H groups in total. The fourth-order valence-corrected chi connectivity index (χ4v) is 2.60. The van der Waals surface area contributed by atoms with E-state index < -0.39 is 10.0 Å². The molecule has 108 valence electrons. The van der Waals surface area contributed by atoms with Crippen molar-refractivity contribution >= 4 is 21.4 Å². The minimum absolute atomic E-state index is 0.0811. The van der Waals surface area contributed by atoms with Crippen LogP contribution in [0.2, 0.25) is 0 Å². The third kappa shape index (κ3) is 3.28. The second kappa shape index (κ2) is 5.93. The molecular weight excluding hydrogens is 278 g/mol. The van der Waals surface area contributed by atoms with Crippen molar-refractivity contribution < 1.29 is 8.42 Å². The first-order valence-corrected chi connectivity index (χ1v) is 7.55. The van der Waals surface area contributed by atoms with E-state index in [0.29, 0.717) is 13.1 Å². The Labute approximate surface area is 117 Å². The summed E-state index contributed by atoms with van der Waals surface area (Å²) in [7, 11) is -2.17. The van der Waals surface area contributed by atoms with Gasteiger partial charge >= 0.3 is 0 Å². The Morgan fingerprint density at radius 3 is 2.80 bits per heavy atom. The van der Waals surface area contributed by atoms with Crippen LogP contribution in [0.4, 0.5) is 11.4 Å². The van der Waals surface area contributed by atoms with Gasteiger partial charge < -0.3 is 11.1 Å². The Balaban J connectivity index is 2.02. The molecule has 0 atom stereocenters. The van der Waals surface area contributed by atoms with Crippen LogP contribution < -0.4 is 15.8 Å². The van der Waals surface area contributed by atoms with E-state index in [0.717, 1.165) is 5.69 Å². The molecule has 1 aromatic carbocycles. The largest absolute Gasteiger partial charge is 0.398 e. The number of anilines is 2. The van der Waals surface area contributed by atoms with Gasteiger partial charge in [0, 0.05) is 24.6 Å². The number of nitrogens with two attached hydrogens (primary N) is 1. The molecule has 0 fully saturated rings. The van der Waals surface area contributed by atoms with Crippen LogP contribution in [0, 0.1) is 0 Å². The smallest absolute Gasteiger partial charge is 0.242 e. The molecule has 0 aliphatic rings. The van der Waals surface area contributed by atoms with Gasteiger partial charge in [-0.15, -0.1) is 0 Å². The van der Waals surface area contributed by atoms with E-state index in [4.69, 9.17) is 5.73 Å². The molecule has 0 saturated heterocycles. The average Bonchev–Trinajstić information content (AvgIpc) is 2.92. The molecule has 0 unspecified atom stereocenters. The van der Waals surface area contributed by atoms with Crippen LogP contribution in [0.5, 0.6) is 0 Å². The molecule has 0 amide bonds. The second-order valence-corrected chi connectivity index (χ2v) is 6.01. The maximum Gasteiger partial charge on any atom is 0.242 e. The summed E-state index contributed by atoms with van der Waals surface area (Å²) in [6, 6.07) is 6.63. The second-order valence-electron chi connectivity index (χ2n) is 4.16. The highest BCUT2D eigenvalue weighted by Crippen LogP contribution is 2.22. The fourth-order valence-electron chi connectivity index (χ4n) is 1.76. The highest BCUT2D eigenvalue weighted by atomic mass is 32.2. The zero-order chi connectivity index (χ0) is 14.6. The van der Waals surface area contributed by atoms with E-state index in [1.54, 1.807) is 23.0 Å². The molecule has 7 nitrogen and oxygen atoms in total. The molecule has 1 heterocycles. The number of nitrogens with zero attached hydrogens (tertiary/aromatic N) is 2. The van der Waals surface area contributed by atoms with Crippen molar-refractivity contribution in [2.75, 3.05) is 24.6 Å². The van der Waals surface area contributed by atoms with Crippen LogP contribution in [-0.4, -0.2) is 31.8 Å². The van der Waals surface area contributed by atoms with Crippen molar-refractivity contribution in [2.45, 2.75) is 11.4 Å². The van der Waals surface area contributed by atoms with Crippen LogP contribution >= 0.6 is 0 Å². The molecule has 2 rings (SSSR count). The number of hydrogen-bond acceptors (Lipinski definition) is 5. The SMILES string of the molecule is CNS(=O)(=O)c1ccc(NCCn2cccn2)cc1N. The molecule has 0 spiro atoms.